The van der Waals surface area contributed by atoms with Crippen LogP contribution in [0.3, 0.4) is 0 Å². The molecule has 5 heteroatoms. The summed E-state index contributed by atoms with van der Waals surface area (Å²) in [5.41, 5.74) is 3.66. The Balaban J connectivity index is 1.44. The Morgan fingerprint density at radius 2 is 2.20 bits per heavy atom. The number of halogens is 1. The summed E-state index contributed by atoms with van der Waals surface area (Å²) in [4.78, 5) is 11.7. The fraction of sp³-hybridized carbons (Fsp3) is 0.333. The maximum Gasteiger partial charge on any atom is 0.277 e. The molecule has 0 aromatic heterocycles. The Bertz CT molecular complexity index is 566. The molecule has 2 atom stereocenters. The lowest BCUT2D eigenvalue weighted by molar-refractivity contribution is -0.123. The van der Waals surface area contributed by atoms with Gasteiger partial charge >= 0.3 is 0 Å². The molecule has 1 saturated carbocycles. The van der Waals surface area contributed by atoms with Crippen LogP contribution in [0.5, 0.6) is 5.75 Å². The lowest BCUT2D eigenvalue weighted by Gasteiger charge is -2.31. The van der Waals surface area contributed by atoms with Gasteiger partial charge in [0, 0.05) is 16.1 Å². The summed E-state index contributed by atoms with van der Waals surface area (Å²) in [5.74, 6) is 1.60. The number of nitrogens with zero attached hydrogens (tertiary/aromatic N) is 1. The van der Waals surface area contributed by atoms with Crippen molar-refractivity contribution in [3.8, 4) is 5.75 Å². The monoisotopic (exact) mass is 334 g/mol. The standard InChI is InChI=1S/C15H15BrN2O2/c16-11-4-6-12(7-5-11)20-9-15(19)18-17-14-8-10-2-1-3-13(10)14/h1-2,4-7,10,13H,3,8-9H2,(H,18,19)/b17-14-/t10-,13-/m0/s1. The van der Waals surface area contributed by atoms with E-state index in [2.05, 4.69) is 38.6 Å². The molecule has 0 spiro atoms. The number of carbonyl (C=O) groups is 1. The molecule has 1 amide bonds. The fourth-order valence-electron chi connectivity index (χ4n) is 2.51. The summed E-state index contributed by atoms with van der Waals surface area (Å²) >= 11 is 3.35. The molecule has 0 aliphatic heterocycles. The quantitative estimate of drug-likeness (QED) is 0.679. The molecule has 3 rings (SSSR count). The summed E-state index contributed by atoms with van der Waals surface area (Å²) in [6.45, 7) is -0.0231. The van der Waals surface area contributed by atoms with E-state index in [1.54, 1.807) is 0 Å². The zero-order valence-corrected chi connectivity index (χ0v) is 12.5. The van der Waals surface area contributed by atoms with Crippen LogP contribution in [0, 0.1) is 11.8 Å². The average molecular weight is 335 g/mol. The molecule has 0 saturated heterocycles. The molecule has 1 aromatic rings. The summed E-state index contributed by atoms with van der Waals surface area (Å²) in [6, 6.07) is 7.36. The van der Waals surface area contributed by atoms with E-state index in [9.17, 15) is 4.79 Å². The van der Waals surface area contributed by atoms with E-state index in [0.29, 0.717) is 17.6 Å². The molecule has 0 radical (unpaired) electrons. The first-order valence-electron chi connectivity index (χ1n) is 6.63. The molecule has 20 heavy (non-hydrogen) atoms. The number of nitrogens with one attached hydrogen (secondary N) is 1. The number of fused-ring (bicyclic) bond motifs is 1. The first-order chi connectivity index (χ1) is 9.72. The van der Waals surface area contributed by atoms with Crippen molar-refractivity contribution < 1.29 is 9.53 Å². The molecular formula is C15H15BrN2O2. The van der Waals surface area contributed by atoms with Gasteiger partial charge in [-0.1, -0.05) is 28.1 Å². The molecule has 0 heterocycles. The van der Waals surface area contributed by atoms with E-state index < -0.39 is 0 Å². The third kappa shape index (κ3) is 2.93. The lowest BCUT2D eigenvalue weighted by Crippen LogP contribution is -2.36. The van der Waals surface area contributed by atoms with E-state index >= 15 is 0 Å². The van der Waals surface area contributed by atoms with Gasteiger partial charge in [-0.2, -0.15) is 5.10 Å². The van der Waals surface area contributed by atoms with Gasteiger partial charge in [-0.05, 0) is 43.0 Å². The zero-order chi connectivity index (χ0) is 13.9. The van der Waals surface area contributed by atoms with E-state index in [0.717, 1.165) is 23.0 Å². The first-order valence-corrected chi connectivity index (χ1v) is 7.42. The highest BCUT2D eigenvalue weighted by Gasteiger charge is 2.37. The molecule has 1 aromatic carbocycles. The highest BCUT2D eigenvalue weighted by molar-refractivity contribution is 9.10. The van der Waals surface area contributed by atoms with Crippen molar-refractivity contribution in [2.75, 3.05) is 6.61 Å². The van der Waals surface area contributed by atoms with Crippen molar-refractivity contribution in [2.45, 2.75) is 12.8 Å². The van der Waals surface area contributed by atoms with Crippen LogP contribution < -0.4 is 10.2 Å². The van der Waals surface area contributed by atoms with Gasteiger partial charge in [-0.15, -0.1) is 0 Å². The Morgan fingerprint density at radius 3 is 2.95 bits per heavy atom. The van der Waals surface area contributed by atoms with Gasteiger partial charge in [0.05, 0.1) is 0 Å². The largest absolute Gasteiger partial charge is 0.484 e. The molecule has 4 nitrogen and oxygen atoms in total. The van der Waals surface area contributed by atoms with Crippen LogP contribution in [-0.2, 0) is 4.79 Å². The number of carbonyl (C=O) groups excluding carboxylic acids is 1. The van der Waals surface area contributed by atoms with Gasteiger partial charge in [0.25, 0.3) is 5.91 Å². The first kappa shape index (κ1) is 13.4. The van der Waals surface area contributed by atoms with E-state index in [1.165, 1.54) is 0 Å². The predicted octanol–water partition coefficient (Wildman–Crippen LogP) is 2.90. The molecule has 0 bridgehead atoms. The maximum absolute atomic E-state index is 11.7. The molecule has 104 valence electrons. The predicted molar refractivity (Wildman–Crippen MR) is 80.6 cm³/mol. The topological polar surface area (TPSA) is 50.7 Å². The molecule has 2 aliphatic carbocycles. The number of rotatable bonds is 4. The minimum absolute atomic E-state index is 0.0231. The molecule has 2 aliphatic rings. The normalized spacial score (nSPS) is 25.1. The Morgan fingerprint density at radius 1 is 1.40 bits per heavy atom. The molecule has 1 N–H and O–H groups in total. The van der Waals surface area contributed by atoms with Crippen LogP contribution in [-0.4, -0.2) is 18.2 Å². The van der Waals surface area contributed by atoms with Crippen LogP contribution in [0.4, 0.5) is 0 Å². The number of hydrogen-bond donors (Lipinski definition) is 1. The second kappa shape index (κ2) is 5.79. The van der Waals surface area contributed by atoms with Crippen molar-refractivity contribution in [1.82, 2.24) is 5.43 Å². The fourth-order valence-corrected chi connectivity index (χ4v) is 2.77. The van der Waals surface area contributed by atoms with Crippen LogP contribution >= 0.6 is 15.9 Å². The van der Waals surface area contributed by atoms with Crippen molar-refractivity contribution in [1.29, 1.82) is 0 Å². The summed E-state index contributed by atoms with van der Waals surface area (Å²) in [5, 5.41) is 4.19. The van der Waals surface area contributed by atoms with Gasteiger partial charge in [-0.25, -0.2) is 5.43 Å². The van der Waals surface area contributed by atoms with Crippen LogP contribution in [0.15, 0.2) is 46.0 Å². The van der Waals surface area contributed by atoms with Gasteiger partial charge in [0.1, 0.15) is 5.75 Å². The van der Waals surface area contributed by atoms with Gasteiger partial charge in [-0.3, -0.25) is 4.79 Å². The zero-order valence-electron chi connectivity index (χ0n) is 10.9. The van der Waals surface area contributed by atoms with E-state index in [1.807, 2.05) is 24.3 Å². The van der Waals surface area contributed by atoms with Gasteiger partial charge in [0.15, 0.2) is 6.61 Å². The van der Waals surface area contributed by atoms with Crippen molar-refractivity contribution in [3.63, 3.8) is 0 Å². The highest BCUT2D eigenvalue weighted by atomic mass is 79.9. The SMILES string of the molecule is O=C(COc1ccc(Br)cc1)N/N=C1/C[C@@H]2C=CC[C@H]12. The molecular weight excluding hydrogens is 320 g/mol. The minimum atomic E-state index is -0.227. The van der Waals surface area contributed by atoms with Crippen LogP contribution in [0.2, 0.25) is 0 Å². The molecule has 1 fully saturated rings. The number of allylic oxidation sites excluding steroid dienone is 2. The third-order valence-corrected chi connectivity index (χ3v) is 4.20. The van der Waals surface area contributed by atoms with Crippen LogP contribution in [0.25, 0.3) is 0 Å². The van der Waals surface area contributed by atoms with Gasteiger partial charge < -0.3 is 4.74 Å². The van der Waals surface area contributed by atoms with Crippen molar-refractivity contribution in [3.05, 3.63) is 40.9 Å². The van der Waals surface area contributed by atoms with Gasteiger partial charge in [0.2, 0.25) is 0 Å². The highest BCUT2D eigenvalue weighted by Crippen LogP contribution is 2.39. The number of ether oxygens (including phenoxy) is 1. The second-order valence-corrected chi connectivity index (χ2v) is 5.93. The molecule has 0 unspecified atom stereocenters. The average Bonchev–Trinajstić information content (AvgIpc) is 2.80. The number of amides is 1. The third-order valence-electron chi connectivity index (χ3n) is 3.67. The Kier molecular flexibility index (Phi) is 3.87. The Hall–Kier alpha value is -1.62. The van der Waals surface area contributed by atoms with E-state index in [-0.39, 0.29) is 12.5 Å². The summed E-state index contributed by atoms with van der Waals surface area (Å²) < 4.78 is 6.36. The smallest absolute Gasteiger partial charge is 0.277 e. The summed E-state index contributed by atoms with van der Waals surface area (Å²) in [7, 11) is 0. The van der Waals surface area contributed by atoms with Crippen molar-refractivity contribution >= 4 is 27.5 Å². The second-order valence-electron chi connectivity index (χ2n) is 5.02. The summed E-state index contributed by atoms with van der Waals surface area (Å²) in [6.07, 6.45) is 6.45. The number of hydrogen-bond acceptors (Lipinski definition) is 3. The van der Waals surface area contributed by atoms with Crippen LogP contribution in [0.1, 0.15) is 12.8 Å². The minimum Gasteiger partial charge on any atom is -0.484 e. The Labute approximate surface area is 126 Å². The lowest BCUT2D eigenvalue weighted by atomic mass is 9.74. The number of hydrazone groups is 1. The van der Waals surface area contributed by atoms with E-state index in [4.69, 9.17) is 4.74 Å². The maximum atomic E-state index is 11.7. The number of benzene rings is 1. The van der Waals surface area contributed by atoms with Crippen molar-refractivity contribution in [2.24, 2.45) is 16.9 Å².